The van der Waals surface area contributed by atoms with Gasteiger partial charge in [-0.05, 0) is 25.7 Å². The van der Waals surface area contributed by atoms with Gasteiger partial charge in [-0.25, -0.2) is 0 Å². The molecule has 0 fully saturated rings. The van der Waals surface area contributed by atoms with E-state index in [9.17, 15) is 78.1 Å². The number of aldehydes is 1. The van der Waals surface area contributed by atoms with Crippen LogP contribution >= 0.6 is 0 Å². The number of carbonyl (C=O) groups is 4. The summed E-state index contributed by atoms with van der Waals surface area (Å²) in [6.45, 7) is 1.30. The highest BCUT2D eigenvalue weighted by Crippen LogP contribution is 2.11. The van der Waals surface area contributed by atoms with E-state index in [1.165, 1.54) is 49.8 Å². The van der Waals surface area contributed by atoms with Crippen molar-refractivity contribution in [2.45, 2.75) is 84.3 Å². The van der Waals surface area contributed by atoms with Gasteiger partial charge in [0.25, 0.3) is 70.8 Å². The van der Waals surface area contributed by atoms with Crippen LogP contribution in [0.25, 0.3) is 0 Å². The lowest BCUT2D eigenvalue weighted by atomic mass is 10.2. The third-order valence-electron chi connectivity index (χ3n) is 8.46. The summed E-state index contributed by atoms with van der Waals surface area (Å²) in [7, 11) is -18.5. The Hall–Kier alpha value is -2.95. The second-order valence-electron chi connectivity index (χ2n) is 15.4. The molecule has 0 aromatic carbocycles. The van der Waals surface area contributed by atoms with Gasteiger partial charge in [0.15, 0.2) is 5.37 Å². The molecule has 0 aliphatic rings. The number of amides is 3. The fraction of sp³-hybridized carbons (Fsp3) is 0.889. The highest BCUT2D eigenvalue weighted by molar-refractivity contribution is 7.87. The minimum absolute atomic E-state index is 0.0219. The average Bonchev–Trinajstić information content (AvgIpc) is 3.30. The van der Waals surface area contributed by atoms with Crippen molar-refractivity contribution in [3.8, 4) is 0 Å². The number of methoxy groups -OCH3 is 7. The van der Waals surface area contributed by atoms with E-state index in [0.29, 0.717) is 32.1 Å². The zero-order valence-electron chi connectivity index (χ0n) is 45.5. The van der Waals surface area contributed by atoms with E-state index in [0.717, 1.165) is 0 Å². The summed E-state index contributed by atoms with van der Waals surface area (Å²) in [4.78, 5) is 39.9. The summed E-state index contributed by atoms with van der Waals surface area (Å²) >= 11 is 0. The Kier molecular flexibility index (Phi) is 59.6. The van der Waals surface area contributed by atoms with Gasteiger partial charge in [-0.3, -0.25) is 46.3 Å². The van der Waals surface area contributed by atoms with Gasteiger partial charge >= 0.3 is 0 Å². The van der Waals surface area contributed by atoms with Crippen molar-refractivity contribution in [2.24, 2.45) is 17.2 Å². The zero-order valence-corrected chi connectivity index (χ0v) is 51.2. The normalized spacial score (nSPS) is 14.3. The van der Waals surface area contributed by atoms with Crippen molar-refractivity contribution in [1.82, 2.24) is 16.0 Å². The number of ether oxygens (including phenoxy) is 7. The van der Waals surface area contributed by atoms with Gasteiger partial charge in [0.1, 0.15) is 16.9 Å². The number of nitrogens with one attached hydrogen (secondary N) is 3. The molecule has 0 aromatic heterocycles. The van der Waals surface area contributed by atoms with Crippen LogP contribution in [0.4, 0.5) is 0 Å². The molecule has 0 aliphatic carbocycles. The van der Waals surface area contributed by atoms with E-state index >= 15 is 0 Å². The molecule has 45 heteroatoms. The van der Waals surface area contributed by atoms with Gasteiger partial charge < -0.3 is 71.1 Å². The first-order valence-corrected chi connectivity index (χ1v) is 33.2. The number of nitrogens with two attached hydrogens (primary N) is 3. The standard InChI is InChI=1S/C7H14O5S.C6H13NO5S.2C5H11NO5S.C5H13NO4S.2C4H11NO4S/c1-12-6-4-7(3-2-5-8)13(9,10)11;1-12-3-2-6(7-5-8)4-13(9,10)11;1-11-2-5(6-4-7)3-12(8,9)10;1-11-3-2-5(6-4-7)12(8,9)10;1-10-3-2-5(4-6)11(7,8)9;1-9-2-4(5)3-10(6,7)8;1-9-3-2-4(5)10(6,7)8/h5,7H,2-4,6H2,1H3,(H,9,10,11);5-6H,2-4H2,1H3,(H,7,8)(H,9,10,11);2*4-5H,2-3H2,1H3,(H,6,7)(H,8,9,10);5H,2-4,6H2,1H3,(H,7,8,9);2*4H,2-3,5H2,1H3,(H,6,7,8). The Morgan fingerprint density at radius 3 is 1.09 bits per heavy atom. The van der Waals surface area contributed by atoms with Crippen LogP contribution in [0.5, 0.6) is 0 Å². The van der Waals surface area contributed by atoms with Gasteiger partial charge in [0.05, 0.1) is 41.8 Å². The smallest absolute Gasteiger partial charge is 0.286 e. The van der Waals surface area contributed by atoms with Crippen molar-refractivity contribution >= 4 is 96.3 Å². The third-order valence-corrected chi connectivity index (χ3v) is 15.6. The maximum absolute atomic E-state index is 10.7. The fourth-order valence-corrected chi connectivity index (χ4v) is 9.23. The largest absolute Gasteiger partial charge is 0.385 e. The first-order chi connectivity index (χ1) is 37.0. The van der Waals surface area contributed by atoms with Crippen LogP contribution in [-0.4, -0.2) is 276 Å². The fourth-order valence-electron chi connectivity index (χ4n) is 4.64. The van der Waals surface area contributed by atoms with Crippen molar-refractivity contribution in [2.75, 3.05) is 120 Å². The predicted octanol–water partition coefficient (Wildman–Crippen LogP) is -5.82. The maximum atomic E-state index is 10.7. The molecule has 0 aliphatic heterocycles. The summed E-state index contributed by atoms with van der Waals surface area (Å²) in [5.74, 6) is -1.49. The molecule has 0 spiro atoms. The summed E-state index contributed by atoms with van der Waals surface area (Å²) in [5.41, 5.74) is 15.3. The number of carbonyl (C=O) groups excluding carboxylic acids is 4. The predicted molar refractivity (Wildman–Crippen MR) is 289 cm³/mol. The lowest BCUT2D eigenvalue weighted by molar-refractivity contribution is -0.111. The van der Waals surface area contributed by atoms with Crippen LogP contribution in [0.15, 0.2) is 0 Å². The summed E-state index contributed by atoms with van der Waals surface area (Å²) in [6.07, 6.45) is 2.78. The topological polar surface area (TPSA) is 628 Å². The van der Waals surface area contributed by atoms with Crippen LogP contribution in [0.1, 0.15) is 44.9 Å². The van der Waals surface area contributed by atoms with Crippen LogP contribution < -0.4 is 33.2 Å². The molecule has 38 nitrogen and oxygen atoms in total. The summed E-state index contributed by atoms with van der Waals surface area (Å²) in [6, 6.07) is -1.96. The summed E-state index contributed by atoms with van der Waals surface area (Å²) < 4.78 is 237. The third kappa shape index (κ3) is 73.1. The van der Waals surface area contributed by atoms with Gasteiger partial charge in [-0.1, -0.05) is 0 Å². The first-order valence-electron chi connectivity index (χ1n) is 22.4. The Morgan fingerprint density at radius 2 is 0.765 bits per heavy atom. The van der Waals surface area contributed by atoms with E-state index in [1.807, 2.05) is 5.32 Å². The van der Waals surface area contributed by atoms with Crippen molar-refractivity contribution < 1.29 is 143 Å². The van der Waals surface area contributed by atoms with Crippen LogP contribution in [0.3, 0.4) is 0 Å². The minimum Gasteiger partial charge on any atom is -0.385 e. The van der Waals surface area contributed by atoms with Gasteiger partial charge in [0.2, 0.25) is 19.2 Å². The lowest BCUT2D eigenvalue weighted by Gasteiger charge is -2.12. The number of hydrogen-bond donors (Lipinski definition) is 13. The molecular formula is C36H84N6O32S7. The Bertz CT molecular complexity index is 2390. The molecule has 7 unspecified atom stereocenters. The zero-order chi connectivity index (χ0) is 65.2. The van der Waals surface area contributed by atoms with Crippen molar-refractivity contribution in [1.29, 1.82) is 0 Å². The molecule has 0 saturated carbocycles. The van der Waals surface area contributed by atoms with Crippen LogP contribution in [0, 0.1) is 0 Å². The summed E-state index contributed by atoms with van der Waals surface area (Å²) in [5, 5.41) is 2.13. The van der Waals surface area contributed by atoms with Crippen molar-refractivity contribution in [3.63, 3.8) is 0 Å². The van der Waals surface area contributed by atoms with Crippen molar-refractivity contribution in [3.05, 3.63) is 0 Å². The maximum Gasteiger partial charge on any atom is 0.286 e. The molecule has 0 radical (unpaired) electrons. The van der Waals surface area contributed by atoms with E-state index in [4.69, 9.17) is 53.8 Å². The van der Waals surface area contributed by atoms with E-state index in [-0.39, 0.29) is 91.1 Å². The second-order valence-corrected chi connectivity index (χ2v) is 26.5. The van der Waals surface area contributed by atoms with Crippen LogP contribution in [0.2, 0.25) is 0 Å². The molecule has 16 N–H and O–H groups in total. The lowest BCUT2D eigenvalue weighted by Crippen LogP contribution is -2.38. The van der Waals surface area contributed by atoms with Gasteiger partial charge in [0, 0.05) is 121 Å². The second kappa shape index (κ2) is 52.6. The van der Waals surface area contributed by atoms with E-state index in [2.05, 4.69) is 39.1 Å². The monoisotopic (exact) mass is 1340 g/mol. The molecular weight excluding hydrogens is 1250 g/mol. The van der Waals surface area contributed by atoms with Crippen LogP contribution in [-0.2, 0) is 123 Å². The Morgan fingerprint density at radius 1 is 0.407 bits per heavy atom. The molecule has 0 aromatic rings. The number of hydrogen-bond acceptors (Lipinski definition) is 28. The number of rotatable bonds is 39. The Balaban J connectivity index is -0.000000158. The quantitative estimate of drug-likeness (QED) is 0.0201. The molecule has 492 valence electrons. The molecule has 3 amide bonds. The molecule has 0 bridgehead atoms. The molecule has 0 rings (SSSR count). The van der Waals surface area contributed by atoms with E-state index < -0.39 is 127 Å². The first kappa shape index (κ1) is 91.8. The van der Waals surface area contributed by atoms with Gasteiger partial charge in [-0.2, -0.15) is 58.9 Å². The molecule has 0 saturated heterocycles. The molecule has 0 heterocycles. The molecule has 81 heavy (non-hydrogen) atoms. The SMILES string of the molecule is COCC(CS(=O)(=O)O)NC=O.COCC(N)CS(=O)(=O)O.COCCC(CCC=O)S(=O)(=O)O.COCCC(CN)S(=O)(=O)O.COCCC(CS(=O)(=O)O)NC=O.COCCC(N)S(=O)(=O)O.COCCC(NC=O)S(=O)(=O)O. The molecule has 7 atom stereocenters. The highest BCUT2D eigenvalue weighted by Gasteiger charge is 2.24. The van der Waals surface area contributed by atoms with E-state index in [1.54, 1.807) is 0 Å². The van der Waals surface area contributed by atoms with Gasteiger partial charge in [-0.15, -0.1) is 0 Å². The highest BCUT2D eigenvalue weighted by atomic mass is 32.2. The Labute approximate surface area is 474 Å². The minimum atomic E-state index is -4.22. The average molecular weight is 1340 g/mol.